The summed E-state index contributed by atoms with van der Waals surface area (Å²) in [4.78, 5) is 27.8. The van der Waals surface area contributed by atoms with Gasteiger partial charge in [0.05, 0.1) is 18.2 Å². The Hall–Kier alpha value is -3.08. The number of aliphatic hydroxyl groups is 1. The molecule has 176 valence electrons. The molecule has 1 atom stereocenters. The zero-order chi connectivity index (χ0) is 24.1. The number of carbonyl (C=O) groups is 2. The molecule has 0 saturated carbocycles. The summed E-state index contributed by atoms with van der Waals surface area (Å²) < 4.78 is 5.75. The van der Waals surface area contributed by atoms with Crippen LogP contribution in [0.15, 0.2) is 48.0 Å². The minimum absolute atomic E-state index is 0.136. The number of likely N-dealkylation sites (tertiary alicyclic amines) is 1. The van der Waals surface area contributed by atoms with Gasteiger partial charge < -0.3 is 14.7 Å². The molecule has 0 radical (unpaired) electrons. The third-order valence-electron chi connectivity index (χ3n) is 6.11. The first-order valence-corrected chi connectivity index (χ1v) is 11.9. The van der Waals surface area contributed by atoms with Gasteiger partial charge in [-0.2, -0.15) is 0 Å². The van der Waals surface area contributed by atoms with Crippen LogP contribution in [-0.4, -0.2) is 34.8 Å². The summed E-state index contributed by atoms with van der Waals surface area (Å²) in [6, 6.07) is 12.6. The number of unbranched alkanes of at least 4 members (excludes halogenated alkanes) is 2. The molecule has 1 aliphatic rings. The first-order chi connectivity index (χ1) is 15.8. The molecular weight excluding hydrogens is 414 g/mol. The maximum Gasteiger partial charge on any atom is 0.295 e. The summed E-state index contributed by atoms with van der Waals surface area (Å²) in [5.74, 6) is -0.380. The first kappa shape index (κ1) is 24.6. The lowest BCUT2D eigenvalue weighted by molar-refractivity contribution is -0.139. The molecular formula is C28H35NO4. The van der Waals surface area contributed by atoms with E-state index in [-0.39, 0.29) is 17.3 Å². The fourth-order valence-electron chi connectivity index (χ4n) is 4.42. The largest absolute Gasteiger partial charge is 0.507 e. The van der Waals surface area contributed by atoms with Crippen molar-refractivity contribution >= 4 is 17.4 Å². The van der Waals surface area contributed by atoms with Gasteiger partial charge in [0.15, 0.2) is 0 Å². The fraction of sp³-hybridized carbons (Fsp3) is 0.429. The summed E-state index contributed by atoms with van der Waals surface area (Å²) in [7, 11) is 0. The molecule has 0 aliphatic carbocycles. The summed E-state index contributed by atoms with van der Waals surface area (Å²) in [5, 5.41) is 11.4. The minimum Gasteiger partial charge on any atom is -0.507 e. The molecule has 1 unspecified atom stereocenters. The van der Waals surface area contributed by atoms with Gasteiger partial charge in [-0.05, 0) is 55.5 Å². The van der Waals surface area contributed by atoms with E-state index in [0.29, 0.717) is 18.7 Å². The number of ether oxygens (including phenoxy) is 1. The molecule has 0 bridgehead atoms. The van der Waals surface area contributed by atoms with Crippen molar-refractivity contribution in [2.45, 2.75) is 65.8 Å². The third-order valence-corrected chi connectivity index (χ3v) is 6.11. The Morgan fingerprint density at radius 3 is 2.48 bits per heavy atom. The Morgan fingerprint density at radius 1 is 1.09 bits per heavy atom. The Morgan fingerprint density at radius 2 is 1.85 bits per heavy atom. The van der Waals surface area contributed by atoms with E-state index in [4.69, 9.17) is 4.74 Å². The lowest BCUT2D eigenvalue weighted by Crippen LogP contribution is -2.30. The summed E-state index contributed by atoms with van der Waals surface area (Å²) in [5.41, 5.74) is 3.49. The maximum atomic E-state index is 13.2. The standard InChI is InChI=1S/C28H35NO4/c1-6-8-9-15-29-25(20-12-10-11-19(5)16-20)24(27(31)28(29)32)26(30)21-13-14-23(33-7-2)22(17-21)18(3)4/h10-14,16-18,25,30H,6-9,15H2,1-5H3/b26-24-. The van der Waals surface area contributed by atoms with Gasteiger partial charge in [-0.25, -0.2) is 0 Å². The highest BCUT2D eigenvalue weighted by Gasteiger charge is 2.45. The van der Waals surface area contributed by atoms with Gasteiger partial charge in [-0.3, -0.25) is 9.59 Å². The predicted molar refractivity (Wildman–Crippen MR) is 131 cm³/mol. The number of rotatable bonds is 9. The number of amides is 1. The van der Waals surface area contributed by atoms with E-state index < -0.39 is 17.7 Å². The van der Waals surface area contributed by atoms with E-state index >= 15 is 0 Å². The maximum absolute atomic E-state index is 13.2. The van der Waals surface area contributed by atoms with Crippen molar-refractivity contribution in [2.24, 2.45) is 0 Å². The normalized spacial score (nSPS) is 17.8. The quantitative estimate of drug-likeness (QED) is 0.216. The topological polar surface area (TPSA) is 66.8 Å². The highest BCUT2D eigenvalue weighted by Crippen LogP contribution is 2.40. The van der Waals surface area contributed by atoms with Crippen LogP contribution in [0.5, 0.6) is 5.75 Å². The van der Waals surface area contributed by atoms with Gasteiger partial charge in [0, 0.05) is 12.1 Å². The van der Waals surface area contributed by atoms with Crippen LogP contribution < -0.4 is 4.74 Å². The summed E-state index contributed by atoms with van der Waals surface area (Å²) >= 11 is 0. The SMILES string of the molecule is CCCCCN1C(=O)C(=O)/C(=C(\O)c2ccc(OCC)c(C(C)C)c2)C1c1cccc(C)c1. The van der Waals surface area contributed by atoms with Crippen molar-refractivity contribution in [1.82, 2.24) is 4.90 Å². The van der Waals surface area contributed by atoms with Gasteiger partial charge in [-0.1, -0.05) is 63.4 Å². The van der Waals surface area contributed by atoms with Crippen molar-refractivity contribution in [3.8, 4) is 5.75 Å². The monoisotopic (exact) mass is 449 g/mol. The number of ketones is 1. The molecule has 3 rings (SSSR count). The lowest BCUT2D eigenvalue weighted by Gasteiger charge is -2.25. The second-order valence-corrected chi connectivity index (χ2v) is 8.95. The predicted octanol–water partition coefficient (Wildman–Crippen LogP) is 6.13. The first-order valence-electron chi connectivity index (χ1n) is 11.9. The van der Waals surface area contributed by atoms with Crippen molar-refractivity contribution < 1.29 is 19.4 Å². The van der Waals surface area contributed by atoms with Gasteiger partial charge in [0.1, 0.15) is 11.5 Å². The molecule has 2 aromatic carbocycles. The number of benzene rings is 2. The number of hydrogen-bond donors (Lipinski definition) is 1. The Bertz CT molecular complexity index is 1050. The van der Waals surface area contributed by atoms with E-state index in [1.165, 1.54) is 0 Å². The second-order valence-electron chi connectivity index (χ2n) is 8.95. The number of hydrogen-bond acceptors (Lipinski definition) is 4. The van der Waals surface area contributed by atoms with Crippen molar-refractivity contribution in [1.29, 1.82) is 0 Å². The number of aryl methyl sites for hydroxylation is 1. The molecule has 5 heteroatoms. The van der Waals surface area contributed by atoms with E-state index in [1.807, 2.05) is 50.2 Å². The molecule has 5 nitrogen and oxygen atoms in total. The van der Waals surface area contributed by atoms with E-state index in [1.54, 1.807) is 11.0 Å². The van der Waals surface area contributed by atoms with Crippen LogP contribution in [0, 0.1) is 6.92 Å². The highest BCUT2D eigenvalue weighted by atomic mass is 16.5. The van der Waals surface area contributed by atoms with E-state index in [0.717, 1.165) is 41.7 Å². The molecule has 33 heavy (non-hydrogen) atoms. The number of nitrogens with zero attached hydrogens (tertiary/aromatic N) is 1. The molecule has 1 N–H and O–H groups in total. The van der Waals surface area contributed by atoms with Crippen LogP contribution in [0.1, 0.15) is 81.2 Å². The van der Waals surface area contributed by atoms with Crippen molar-refractivity contribution in [3.63, 3.8) is 0 Å². The molecule has 1 fully saturated rings. The number of aliphatic hydroxyl groups excluding tert-OH is 1. The zero-order valence-electron chi connectivity index (χ0n) is 20.4. The molecule has 0 spiro atoms. The number of Topliss-reactive ketones (excluding diaryl/α,β-unsaturated/α-hetero) is 1. The number of carbonyl (C=O) groups excluding carboxylic acids is 2. The molecule has 2 aromatic rings. The molecule has 0 aromatic heterocycles. The van der Waals surface area contributed by atoms with Crippen molar-refractivity contribution in [3.05, 3.63) is 70.3 Å². The second kappa shape index (κ2) is 10.7. The molecule has 1 amide bonds. The lowest BCUT2D eigenvalue weighted by atomic mass is 9.92. The van der Waals surface area contributed by atoms with Crippen LogP contribution >= 0.6 is 0 Å². The fourth-order valence-corrected chi connectivity index (χ4v) is 4.42. The molecule has 1 aliphatic heterocycles. The Balaban J connectivity index is 2.15. The highest BCUT2D eigenvalue weighted by molar-refractivity contribution is 6.46. The summed E-state index contributed by atoms with van der Waals surface area (Å²) in [6.45, 7) is 11.1. The van der Waals surface area contributed by atoms with E-state index in [9.17, 15) is 14.7 Å². The van der Waals surface area contributed by atoms with Crippen LogP contribution in [0.4, 0.5) is 0 Å². The van der Waals surface area contributed by atoms with Gasteiger partial charge in [0.25, 0.3) is 11.7 Å². The average molecular weight is 450 g/mol. The van der Waals surface area contributed by atoms with Gasteiger partial charge >= 0.3 is 0 Å². The molecule has 1 heterocycles. The Kier molecular flexibility index (Phi) is 7.96. The van der Waals surface area contributed by atoms with Crippen molar-refractivity contribution in [2.75, 3.05) is 13.2 Å². The van der Waals surface area contributed by atoms with E-state index in [2.05, 4.69) is 20.8 Å². The van der Waals surface area contributed by atoms with Gasteiger partial charge in [0.2, 0.25) is 0 Å². The van der Waals surface area contributed by atoms with Crippen LogP contribution in [0.25, 0.3) is 5.76 Å². The third kappa shape index (κ3) is 5.13. The zero-order valence-corrected chi connectivity index (χ0v) is 20.4. The minimum atomic E-state index is -0.629. The summed E-state index contributed by atoms with van der Waals surface area (Å²) in [6.07, 6.45) is 2.80. The molecule has 1 saturated heterocycles. The van der Waals surface area contributed by atoms with Gasteiger partial charge in [-0.15, -0.1) is 0 Å². The van der Waals surface area contributed by atoms with Crippen LogP contribution in [-0.2, 0) is 9.59 Å². The van der Waals surface area contributed by atoms with Crippen LogP contribution in [0.2, 0.25) is 0 Å². The smallest absolute Gasteiger partial charge is 0.295 e. The van der Waals surface area contributed by atoms with Crippen LogP contribution in [0.3, 0.4) is 0 Å². The average Bonchev–Trinajstić information content (AvgIpc) is 3.04. The Labute approximate surface area is 197 Å².